The summed E-state index contributed by atoms with van der Waals surface area (Å²) in [6, 6.07) is 41.8. The Morgan fingerprint density at radius 3 is 1.47 bits per heavy atom. The second-order valence-electron chi connectivity index (χ2n) is 7.28. The molecule has 0 spiro atoms. The van der Waals surface area contributed by atoms with E-state index in [4.69, 9.17) is 0 Å². The van der Waals surface area contributed by atoms with Gasteiger partial charge in [0.2, 0.25) is 0 Å². The van der Waals surface area contributed by atoms with Crippen molar-refractivity contribution in [2.24, 2.45) is 0 Å². The summed E-state index contributed by atoms with van der Waals surface area (Å²) in [5.41, 5.74) is 7.36. The zero-order valence-electron chi connectivity index (χ0n) is 16.8. The summed E-state index contributed by atoms with van der Waals surface area (Å²) < 4.78 is 0. The zero-order chi connectivity index (χ0) is 20.6. The molecule has 0 heterocycles. The highest BCUT2D eigenvalue weighted by molar-refractivity contribution is 6.03. The van der Waals surface area contributed by atoms with Crippen LogP contribution in [0.25, 0.3) is 11.1 Å². The van der Waals surface area contributed by atoms with Crippen LogP contribution in [0.15, 0.2) is 115 Å². The normalized spacial score (nSPS) is 11.4. The Balaban J connectivity index is 1.70. The van der Waals surface area contributed by atoms with E-state index in [1.54, 1.807) is 0 Å². The quantitative estimate of drug-likeness (QED) is 0.260. The van der Waals surface area contributed by atoms with Gasteiger partial charge in [0.25, 0.3) is 0 Å². The minimum atomic E-state index is 0.693. The monoisotopic (exact) mass is 385 g/mol. The van der Waals surface area contributed by atoms with E-state index in [1.165, 1.54) is 11.1 Å². The molecule has 1 nitrogen and oxygen atoms in total. The van der Waals surface area contributed by atoms with Crippen LogP contribution in [0.5, 0.6) is 0 Å². The molecule has 0 amide bonds. The van der Waals surface area contributed by atoms with E-state index < -0.39 is 0 Å². The van der Waals surface area contributed by atoms with E-state index in [0.717, 1.165) is 35.1 Å². The van der Waals surface area contributed by atoms with E-state index in [0.29, 0.717) is 5.57 Å². The molecule has 4 aromatic rings. The van der Waals surface area contributed by atoms with Crippen molar-refractivity contribution in [2.75, 3.05) is 0 Å². The summed E-state index contributed by atoms with van der Waals surface area (Å²) in [7, 11) is 0. The van der Waals surface area contributed by atoms with Crippen molar-refractivity contribution < 1.29 is 0 Å². The smallest absolute Gasteiger partial charge is 0.100 e. The largest absolute Gasteiger partial charge is 0.192 e. The third-order valence-corrected chi connectivity index (χ3v) is 5.27. The lowest BCUT2D eigenvalue weighted by Gasteiger charge is -2.13. The first-order valence-electron chi connectivity index (χ1n) is 10.2. The molecule has 0 radical (unpaired) electrons. The van der Waals surface area contributed by atoms with Crippen molar-refractivity contribution in [1.82, 2.24) is 0 Å². The topological polar surface area (TPSA) is 23.8 Å². The van der Waals surface area contributed by atoms with Gasteiger partial charge in [0.05, 0.1) is 5.57 Å². The first-order chi connectivity index (χ1) is 14.8. The van der Waals surface area contributed by atoms with Crippen LogP contribution in [0.4, 0.5) is 0 Å². The maximum absolute atomic E-state index is 10.0. The van der Waals surface area contributed by atoms with Gasteiger partial charge in [0, 0.05) is 5.57 Å². The van der Waals surface area contributed by atoms with Crippen LogP contribution in [-0.2, 0) is 12.8 Å². The average molecular weight is 386 g/mol. The molecule has 0 bridgehead atoms. The molecule has 0 aliphatic heterocycles. The van der Waals surface area contributed by atoms with Gasteiger partial charge in [-0.25, -0.2) is 0 Å². The Bertz CT molecular complexity index is 1150. The van der Waals surface area contributed by atoms with Gasteiger partial charge in [-0.1, -0.05) is 115 Å². The number of allylic oxidation sites excluding steroid dienone is 1. The van der Waals surface area contributed by atoms with Crippen molar-refractivity contribution >= 4 is 11.1 Å². The molecule has 144 valence electrons. The number of rotatable bonds is 6. The van der Waals surface area contributed by atoms with Gasteiger partial charge >= 0.3 is 0 Å². The van der Waals surface area contributed by atoms with E-state index in [-0.39, 0.29) is 0 Å². The Hall–Kier alpha value is -3.89. The van der Waals surface area contributed by atoms with Crippen molar-refractivity contribution in [2.45, 2.75) is 12.8 Å². The Morgan fingerprint density at radius 1 is 0.500 bits per heavy atom. The van der Waals surface area contributed by atoms with Gasteiger partial charge in [-0.3, -0.25) is 0 Å². The molecular formula is C29H23N. The van der Waals surface area contributed by atoms with Crippen LogP contribution in [0.1, 0.15) is 27.8 Å². The van der Waals surface area contributed by atoms with Crippen molar-refractivity contribution in [1.29, 1.82) is 5.26 Å². The summed E-state index contributed by atoms with van der Waals surface area (Å²) >= 11 is 0. The fraction of sp³-hybridized carbons (Fsp3) is 0.0690. The van der Waals surface area contributed by atoms with Gasteiger partial charge in [0.1, 0.15) is 6.07 Å². The molecule has 4 aromatic carbocycles. The lowest BCUT2D eigenvalue weighted by Crippen LogP contribution is -1.96. The van der Waals surface area contributed by atoms with E-state index in [1.807, 2.05) is 48.5 Å². The minimum absolute atomic E-state index is 0.693. The SMILES string of the molecule is N#C/C(=C(/c1ccccc1)c1ccc(CCc2ccccc2)cc1)c1ccccc1. The summed E-state index contributed by atoms with van der Waals surface area (Å²) in [5.74, 6) is 0. The molecule has 0 aromatic heterocycles. The maximum Gasteiger partial charge on any atom is 0.100 e. The molecule has 0 fully saturated rings. The lowest BCUT2D eigenvalue weighted by atomic mass is 9.89. The highest BCUT2D eigenvalue weighted by atomic mass is 14.3. The first-order valence-corrected chi connectivity index (χ1v) is 10.2. The van der Waals surface area contributed by atoms with Gasteiger partial charge in [-0.2, -0.15) is 5.26 Å². The minimum Gasteiger partial charge on any atom is -0.192 e. The van der Waals surface area contributed by atoms with Crippen molar-refractivity contribution in [3.63, 3.8) is 0 Å². The molecule has 4 rings (SSSR count). The Labute approximate surface area is 178 Å². The summed E-state index contributed by atoms with van der Waals surface area (Å²) in [5, 5.41) is 10.0. The van der Waals surface area contributed by atoms with Crippen LogP contribution < -0.4 is 0 Å². The van der Waals surface area contributed by atoms with Crippen molar-refractivity contribution in [3.8, 4) is 6.07 Å². The number of aryl methyl sites for hydroxylation is 2. The van der Waals surface area contributed by atoms with E-state index >= 15 is 0 Å². The molecule has 30 heavy (non-hydrogen) atoms. The van der Waals surface area contributed by atoms with Crippen LogP contribution in [0.3, 0.4) is 0 Å². The van der Waals surface area contributed by atoms with E-state index in [9.17, 15) is 5.26 Å². The Morgan fingerprint density at radius 2 is 0.933 bits per heavy atom. The molecular weight excluding hydrogens is 362 g/mol. The molecule has 0 aliphatic carbocycles. The van der Waals surface area contributed by atoms with Crippen LogP contribution in [0.2, 0.25) is 0 Å². The van der Waals surface area contributed by atoms with Gasteiger partial charge in [-0.05, 0) is 40.7 Å². The fourth-order valence-corrected chi connectivity index (χ4v) is 3.70. The predicted molar refractivity (Wildman–Crippen MR) is 125 cm³/mol. The lowest BCUT2D eigenvalue weighted by molar-refractivity contribution is 0.960. The summed E-state index contributed by atoms with van der Waals surface area (Å²) in [4.78, 5) is 0. The third kappa shape index (κ3) is 4.57. The van der Waals surface area contributed by atoms with Gasteiger partial charge in [-0.15, -0.1) is 0 Å². The maximum atomic E-state index is 10.0. The molecule has 0 aliphatic rings. The molecule has 0 atom stereocenters. The van der Waals surface area contributed by atoms with Crippen LogP contribution in [-0.4, -0.2) is 0 Å². The predicted octanol–water partition coefficient (Wildman–Crippen LogP) is 6.95. The first kappa shape index (κ1) is 19.4. The number of benzene rings is 4. The highest BCUT2D eigenvalue weighted by Crippen LogP contribution is 2.32. The average Bonchev–Trinajstić information content (AvgIpc) is 2.83. The standard InChI is InChI=1S/C29H23N/c30-22-28(25-12-6-2-7-13-25)29(26-14-8-3-9-15-26)27-20-18-24(19-21-27)17-16-23-10-4-1-5-11-23/h1-15,18-21H,16-17H2/b29-28+. The van der Waals surface area contributed by atoms with E-state index in [2.05, 4.69) is 72.8 Å². The second kappa shape index (κ2) is 9.54. The molecule has 1 heteroatoms. The molecule has 0 saturated carbocycles. The number of nitriles is 1. The molecule has 0 N–H and O–H groups in total. The highest BCUT2D eigenvalue weighted by Gasteiger charge is 2.13. The fourth-order valence-electron chi connectivity index (χ4n) is 3.70. The number of hydrogen-bond acceptors (Lipinski definition) is 1. The summed E-state index contributed by atoms with van der Waals surface area (Å²) in [6.45, 7) is 0. The number of hydrogen-bond donors (Lipinski definition) is 0. The zero-order valence-corrected chi connectivity index (χ0v) is 16.8. The van der Waals surface area contributed by atoms with Crippen LogP contribution in [0, 0.1) is 11.3 Å². The van der Waals surface area contributed by atoms with Gasteiger partial charge < -0.3 is 0 Å². The molecule has 0 unspecified atom stereocenters. The third-order valence-electron chi connectivity index (χ3n) is 5.27. The summed E-state index contributed by atoms with van der Waals surface area (Å²) in [6.07, 6.45) is 2.02. The van der Waals surface area contributed by atoms with Gasteiger partial charge in [0.15, 0.2) is 0 Å². The molecule has 0 saturated heterocycles. The van der Waals surface area contributed by atoms with Crippen molar-refractivity contribution in [3.05, 3.63) is 143 Å². The number of nitrogens with zero attached hydrogens (tertiary/aromatic N) is 1. The second-order valence-corrected chi connectivity index (χ2v) is 7.28. The van der Waals surface area contributed by atoms with Crippen LogP contribution >= 0.6 is 0 Å². The Kier molecular flexibility index (Phi) is 6.18.